The maximum atomic E-state index is 4.26. The summed E-state index contributed by atoms with van der Waals surface area (Å²) in [5, 5.41) is 13.8. The zero-order valence-corrected chi connectivity index (χ0v) is 12.2. The van der Waals surface area contributed by atoms with E-state index in [4.69, 9.17) is 0 Å². The number of aromatic nitrogens is 2. The van der Waals surface area contributed by atoms with Gasteiger partial charge in [0, 0.05) is 19.6 Å². The topological polar surface area (TPSA) is 44.3 Å². The van der Waals surface area contributed by atoms with Gasteiger partial charge in [-0.2, -0.15) is 0 Å². The van der Waals surface area contributed by atoms with E-state index >= 15 is 0 Å². The van der Waals surface area contributed by atoms with Crippen LogP contribution in [0.3, 0.4) is 0 Å². The third-order valence-electron chi connectivity index (χ3n) is 3.16. The molecule has 1 fully saturated rings. The van der Waals surface area contributed by atoms with Crippen LogP contribution in [0.2, 0.25) is 0 Å². The minimum atomic E-state index is 0.944. The lowest BCUT2D eigenvalue weighted by Gasteiger charge is -2.17. The molecular weight excluding hydrogens is 246 g/mol. The summed E-state index contributed by atoms with van der Waals surface area (Å²) >= 11 is 1.69. The summed E-state index contributed by atoms with van der Waals surface area (Å²) in [4.78, 5) is 4.88. The van der Waals surface area contributed by atoms with Gasteiger partial charge in [0.2, 0.25) is 5.13 Å². The van der Waals surface area contributed by atoms with Crippen molar-refractivity contribution in [3.8, 4) is 0 Å². The van der Waals surface area contributed by atoms with Crippen LogP contribution in [0.5, 0.6) is 0 Å². The predicted molar refractivity (Wildman–Crippen MR) is 76.1 cm³/mol. The second-order valence-corrected chi connectivity index (χ2v) is 5.92. The Hall–Kier alpha value is -0.720. The standard InChI is InChI=1S/C12H23N5S/c1-3-5-13-12-15-14-11(18-12)10-17-7-4-6-16(2)8-9-17/h3-10H2,1-2H3,(H,13,15). The van der Waals surface area contributed by atoms with E-state index < -0.39 is 0 Å². The molecule has 1 aromatic rings. The summed E-state index contributed by atoms with van der Waals surface area (Å²) in [6.45, 7) is 8.73. The molecule has 0 aromatic carbocycles. The second-order valence-electron chi connectivity index (χ2n) is 4.86. The van der Waals surface area contributed by atoms with Gasteiger partial charge in [0.15, 0.2) is 0 Å². The average Bonchev–Trinajstić information content (AvgIpc) is 2.70. The SMILES string of the molecule is CCCNc1nnc(CN2CCCN(C)CC2)s1. The van der Waals surface area contributed by atoms with Gasteiger partial charge in [-0.05, 0) is 33.0 Å². The van der Waals surface area contributed by atoms with Crippen LogP contribution < -0.4 is 5.32 Å². The number of hydrogen-bond acceptors (Lipinski definition) is 6. The van der Waals surface area contributed by atoms with Gasteiger partial charge in [0.25, 0.3) is 0 Å². The van der Waals surface area contributed by atoms with E-state index in [0.717, 1.165) is 42.7 Å². The lowest BCUT2D eigenvalue weighted by Crippen LogP contribution is -2.28. The van der Waals surface area contributed by atoms with E-state index in [-0.39, 0.29) is 0 Å². The molecule has 0 bridgehead atoms. The molecule has 1 N–H and O–H groups in total. The first-order valence-electron chi connectivity index (χ1n) is 6.75. The minimum absolute atomic E-state index is 0.944. The number of anilines is 1. The van der Waals surface area contributed by atoms with E-state index in [1.165, 1.54) is 19.5 Å². The Labute approximate surface area is 113 Å². The van der Waals surface area contributed by atoms with Gasteiger partial charge in [0.05, 0.1) is 6.54 Å². The Kier molecular flexibility index (Phi) is 5.34. The molecule has 102 valence electrons. The molecule has 1 aliphatic rings. The summed E-state index contributed by atoms with van der Waals surface area (Å²) in [5.41, 5.74) is 0. The third-order valence-corrected chi connectivity index (χ3v) is 4.03. The maximum Gasteiger partial charge on any atom is 0.205 e. The van der Waals surface area contributed by atoms with Crippen LogP contribution in [0.1, 0.15) is 24.8 Å². The number of hydrogen-bond donors (Lipinski definition) is 1. The highest BCUT2D eigenvalue weighted by Crippen LogP contribution is 2.17. The molecule has 1 aromatic heterocycles. The normalized spacial score (nSPS) is 18.8. The number of nitrogens with zero attached hydrogens (tertiary/aromatic N) is 4. The molecule has 2 heterocycles. The lowest BCUT2D eigenvalue weighted by atomic mass is 10.4. The molecule has 18 heavy (non-hydrogen) atoms. The molecule has 0 aliphatic carbocycles. The van der Waals surface area contributed by atoms with Gasteiger partial charge >= 0.3 is 0 Å². The largest absolute Gasteiger partial charge is 0.360 e. The van der Waals surface area contributed by atoms with Crippen LogP contribution in [0, 0.1) is 0 Å². The molecule has 0 atom stereocenters. The summed E-state index contributed by atoms with van der Waals surface area (Å²) in [7, 11) is 2.20. The van der Waals surface area contributed by atoms with E-state index in [1.54, 1.807) is 11.3 Å². The molecule has 0 radical (unpaired) electrons. The highest BCUT2D eigenvalue weighted by atomic mass is 32.1. The lowest BCUT2D eigenvalue weighted by molar-refractivity contribution is 0.268. The summed E-state index contributed by atoms with van der Waals surface area (Å²) in [6, 6.07) is 0. The van der Waals surface area contributed by atoms with E-state index in [0.29, 0.717) is 0 Å². The first-order valence-corrected chi connectivity index (χ1v) is 7.56. The maximum absolute atomic E-state index is 4.26. The summed E-state index contributed by atoms with van der Waals surface area (Å²) < 4.78 is 0. The average molecular weight is 269 g/mol. The highest BCUT2D eigenvalue weighted by Gasteiger charge is 2.14. The van der Waals surface area contributed by atoms with Crippen molar-refractivity contribution in [2.75, 3.05) is 45.1 Å². The van der Waals surface area contributed by atoms with Crippen molar-refractivity contribution in [2.24, 2.45) is 0 Å². The smallest absolute Gasteiger partial charge is 0.205 e. The van der Waals surface area contributed by atoms with Gasteiger partial charge in [0.1, 0.15) is 5.01 Å². The fourth-order valence-corrected chi connectivity index (χ4v) is 2.88. The zero-order valence-electron chi connectivity index (χ0n) is 11.4. The van der Waals surface area contributed by atoms with Crippen LogP contribution in [-0.4, -0.2) is 59.8 Å². The molecule has 2 rings (SSSR count). The molecule has 1 saturated heterocycles. The Morgan fingerprint density at radius 1 is 1.22 bits per heavy atom. The minimum Gasteiger partial charge on any atom is -0.360 e. The monoisotopic (exact) mass is 269 g/mol. The van der Waals surface area contributed by atoms with Crippen LogP contribution >= 0.6 is 11.3 Å². The number of likely N-dealkylation sites (N-methyl/N-ethyl adjacent to an activating group) is 1. The van der Waals surface area contributed by atoms with Crippen molar-refractivity contribution in [3.63, 3.8) is 0 Å². The van der Waals surface area contributed by atoms with Crippen LogP contribution in [0.4, 0.5) is 5.13 Å². The van der Waals surface area contributed by atoms with Crippen LogP contribution in [-0.2, 0) is 6.54 Å². The molecule has 1 aliphatic heterocycles. The van der Waals surface area contributed by atoms with Crippen molar-refractivity contribution < 1.29 is 0 Å². The quantitative estimate of drug-likeness (QED) is 0.877. The molecular formula is C12H23N5S. The molecule has 0 unspecified atom stereocenters. The van der Waals surface area contributed by atoms with Crippen molar-refractivity contribution in [2.45, 2.75) is 26.3 Å². The first-order chi connectivity index (χ1) is 8.78. The second kappa shape index (κ2) is 7.01. The van der Waals surface area contributed by atoms with Crippen LogP contribution in [0.25, 0.3) is 0 Å². The van der Waals surface area contributed by atoms with E-state index in [2.05, 4.69) is 39.3 Å². The summed E-state index contributed by atoms with van der Waals surface area (Å²) in [6.07, 6.45) is 2.36. The highest BCUT2D eigenvalue weighted by molar-refractivity contribution is 7.15. The van der Waals surface area contributed by atoms with Crippen molar-refractivity contribution in [1.82, 2.24) is 20.0 Å². The molecule has 5 nitrogen and oxygen atoms in total. The van der Waals surface area contributed by atoms with Crippen LogP contribution in [0.15, 0.2) is 0 Å². The van der Waals surface area contributed by atoms with Crippen molar-refractivity contribution in [3.05, 3.63) is 5.01 Å². The zero-order chi connectivity index (χ0) is 12.8. The molecule has 6 heteroatoms. The van der Waals surface area contributed by atoms with Gasteiger partial charge < -0.3 is 10.2 Å². The third kappa shape index (κ3) is 4.19. The Morgan fingerprint density at radius 2 is 2.11 bits per heavy atom. The van der Waals surface area contributed by atoms with Crippen molar-refractivity contribution >= 4 is 16.5 Å². The Morgan fingerprint density at radius 3 is 2.94 bits per heavy atom. The fraction of sp³-hybridized carbons (Fsp3) is 0.833. The predicted octanol–water partition coefficient (Wildman–Crippen LogP) is 1.50. The van der Waals surface area contributed by atoms with E-state index in [9.17, 15) is 0 Å². The molecule has 0 saturated carbocycles. The van der Waals surface area contributed by atoms with Gasteiger partial charge in [-0.1, -0.05) is 18.3 Å². The molecule has 0 amide bonds. The number of rotatable bonds is 5. The first kappa shape index (κ1) is 13.7. The van der Waals surface area contributed by atoms with E-state index in [1.807, 2.05) is 0 Å². The summed E-state index contributed by atoms with van der Waals surface area (Å²) in [5.74, 6) is 0. The Bertz CT molecular complexity index is 354. The number of nitrogens with one attached hydrogen (secondary N) is 1. The molecule has 0 spiro atoms. The van der Waals surface area contributed by atoms with Gasteiger partial charge in [-0.15, -0.1) is 10.2 Å². The van der Waals surface area contributed by atoms with Gasteiger partial charge in [-0.3, -0.25) is 4.90 Å². The van der Waals surface area contributed by atoms with Crippen molar-refractivity contribution in [1.29, 1.82) is 0 Å². The van der Waals surface area contributed by atoms with Gasteiger partial charge in [-0.25, -0.2) is 0 Å². The fourth-order valence-electron chi connectivity index (χ4n) is 2.07. The Balaban J connectivity index is 1.82.